The average molecular weight is 493 g/mol. The van der Waals surface area contributed by atoms with Crippen molar-refractivity contribution in [1.29, 1.82) is 0 Å². The SMILES string of the molecule is CC.C[CH-]N1CC(OC)CC(C)(F)C1.[U].[V]. The monoisotopic (exact) mass is 493 g/mol. The van der Waals surface area contributed by atoms with Crippen LogP contribution in [-0.4, -0.2) is 36.9 Å². The number of ether oxygens (including phenoxy) is 1. The number of hydrogen-bond donors (Lipinski definition) is 0. The number of methoxy groups -OCH3 is 1. The number of hydrogen-bond acceptors (Lipinski definition) is 2. The van der Waals surface area contributed by atoms with Gasteiger partial charge in [0.2, 0.25) is 0 Å². The van der Waals surface area contributed by atoms with Crippen LogP contribution < -0.4 is 0 Å². The summed E-state index contributed by atoms with van der Waals surface area (Å²) in [5, 5.41) is 0. The van der Waals surface area contributed by atoms with E-state index < -0.39 is 5.67 Å². The van der Waals surface area contributed by atoms with E-state index in [0.29, 0.717) is 13.0 Å². The van der Waals surface area contributed by atoms with E-state index in [-0.39, 0.29) is 55.8 Å². The minimum atomic E-state index is -1.11. The van der Waals surface area contributed by atoms with Gasteiger partial charge in [-0.15, -0.1) is 0 Å². The molecule has 95 valence electrons. The van der Waals surface area contributed by atoms with E-state index in [9.17, 15) is 4.39 Å². The van der Waals surface area contributed by atoms with E-state index in [1.165, 1.54) is 0 Å². The molecule has 0 spiro atoms. The van der Waals surface area contributed by atoms with Crippen molar-refractivity contribution < 1.29 is 58.8 Å². The summed E-state index contributed by atoms with van der Waals surface area (Å²) in [7, 11) is 1.64. The van der Waals surface area contributed by atoms with Crippen molar-refractivity contribution in [2.24, 2.45) is 0 Å². The van der Waals surface area contributed by atoms with Crippen LogP contribution in [0.25, 0.3) is 0 Å². The van der Waals surface area contributed by atoms with Crippen LogP contribution in [0.1, 0.15) is 34.1 Å². The minimum absolute atomic E-state index is 0. The maximum absolute atomic E-state index is 13.6. The molecule has 0 aliphatic carbocycles. The first-order chi connectivity index (χ1) is 6.57. The summed E-state index contributed by atoms with van der Waals surface area (Å²) in [6.45, 7) is 10.8. The summed E-state index contributed by atoms with van der Waals surface area (Å²) >= 11 is 0. The van der Waals surface area contributed by atoms with Gasteiger partial charge in [0.15, 0.2) is 0 Å². The molecule has 0 aromatic rings. The second kappa shape index (κ2) is 11.6. The summed E-state index contributed by atoms with van der Waals surface area (Å²) in [5.41, 5.74) is -1.11. The van der Waals surface area contributed by atoms with Gasteiger partial charge in [-0.05, 0) is 13.5 Å². The zero-order valence-corrected chi connectivity index (χ0v) is 16.5. The molecule has 2 nitrogen and oxygen atoms in total. The van der Waals surface area contributed by atoms with Gasteiger partial charge in [0.25, 0.3) is 0 Å². The number of nitrogens with zero attached hydrogens (tertiary/aromatic N) is 1. The van der Waals surface area contributed by atoms with E-state index >= 15 is 0 Å². The second-order valence-electron chi connectivity index (χ2n) is 3.66. The van der Waals surface area contributed by atoms with Gasteiger partial charge >= 0.3 is 0 Å². The molecule has 1 aliphatic rings. The Labute approximate surface area is 135 Å². The molecule has 5 heteroatoms. The molecule has 1 heterocycles. The van der Waals surface area contributed by atoms with Gasteiger partial charge in [-0.25, -0.2) is 4.39 Å². The fraction of sp³-hybridized carbons (Fsp3) is 0.909. The number of rotatable bonds is 2. The molecular formula is C11H23FNOUV-. The van der Waals surface area contributed by atoms with Crippen LogP contribution in [0.15, 0.2) is 0 Å². The summed E-state index contributed by atoms with van der Waals surface area (Å²) in [4.78, 5) is 1.97. The Morgan fingerprint density at radius 1 is 1.44 bits per heavy atom. The predicted octanol–water partition coefficient (Wildman–Crippen LogP) is 2.64. The Kier molecular flexibility index (Phi) is 16.4. The van der Waals surface area contributed by atoms with E-state index in [2.05, 4.69) is 0 Å². The van der Waals surface area contributed by atoms with Crippen molar-refractivity contribution in [3.63, 3.8) is 0 Å². The fourth-order valence-electron chi connectivity index (χ4n) is 1.71. The number of piperidine rings is 1. The Morgan fingerprint density at radius 2 is 1.94 bits per heavy atom. The second-order valence-corrected chi connectivity index (χ2v) is 3.66. The maximum atomic E-state index is 13.6. The van der Waals surface area contributed by atoms with E-state index in [1.54, 1.807) is 14.0 Å². The molecule has 2 atom stereocenters. The largest absolute Gasteiger partial charge is 0.452 e. The van der Waals surface area contributed by atoms with Gasteiger partial charge in [-0.3, -0.25) is 6.54 Å². The van der Waals surface area contributed by atoms with Crippen LogP contribution in [0.5, 0.6) is 0 Å². The van der Waals surface area contributed by atoms with Crippen molar-refractivity contribution >= 4 is 0 Å². The molecular weight excluding hydrogens is 470 g/mol. The Bertz CT molecular complexity index is 147. The molecule has 0 aromatic carbocycles. The number of alkyl halides is 1. The van der Waals surface area contributed by atoms with Gasteiger partial charge in [-0.1, -0.05) is 13.8 Å². The smallest absolute Gasteiger partial charge is 0.121 e. The van der Waals surface area contributed by atoms with Crippen molar-refractivity contribution in [1.82, 2.24) is 4.90 Å². The van der Waals surface area contributed by atoms with Gasteiger partial charge in [0.1, 0.15) is 5.67 Å². The topological polar surface area (TPSA) is 12.5 Å². The fourth-order valence-corrected chi connectivity index (χ4v) is 1.71. The first-order valence-electron chi connectivity index (χ1n) is 5.32. The zero-order chi connectivity index (χ0) is 11.2. The molecule has 1 radical (unpaired) electrons. The first-order valence-corrected chi connectivity index (χ1v) is 5.32. The average Bonchev–Trinajstić information content (AvgIpc) is 2.18. The predicted molar refractivity (Wildman–Crippen MR) is 57.8 cm³/mol. The third kappa shape index (κ3) is 8.56. The molecule has 0 saturated carbocycles. The Balaban J connectivity index is -0.000000399. The number of likely N-dealkylation sites (tertiary alicyclic amines) is 1. The molecule has 0 N–H and O–H groups in total. The standard InChI is InChI=1S/C9H17FNO.C2H6.U.V/c1-4-11-6-8(12-3)5-9(2,10)7-11;1-2;;/h4,8H,5-7H2,1-3H3;1-2H3;;/q-1;;;. The van der Waals surface area contributed by atoms with Crippen LogP contribution in [0.3, 0.4) is 0 Å². The quantitative estimate of drug-likeness (QED) is 0.549. The van der Waals surface area contributed by atoms with Crippen LogP contribution in [0.2, 0.25) is 0 Å². The van der Waals surface area contributed by atoms with Crippen molar-refractivity contribution in [3.05, 3.63) is 6.54 Å². The maximum Gasteiger partial charge on any atom is 0.121 e. The van der Waals surface area contributed by atoms with Gasteiger partial charge in [-0.2, -0.15) is 6.92 Å². The van der Waals surface area contributed by atoms with Crippen molar-refractivity contribution in [2.45, 2.75) is 45.9 Å². The summed E-state index contributed by atoms with van der Waals surface area (Å²) in [6.07, 6.45) is 0.540. The van der Waals surface area contributed by atoms with Crippen molar-refractivity contribution in [2.75, 3.05) is 20.2 Å². The third-order valence-corrected chi connectivity index (χ3v) is 2.32. The van der Waals surface area contributed by atoms with Crippen LogP contribution >= 0.6 is 0 Å². The van der Waals surface area contributed by atoms with Gasteiger partial charge < -0.3 is 9.64 Å². The molecule has 1 aliphatic heterocycles. The molecule has 16 heavy (non-hydrogen) atoms. The van der Waals surface area contributed by atoms with Crippen LogP contribution in [0.4, 0.5) is 4.39 Å². The van der Waals surface area contributed by atoms with Crippen LogP contribution in [0, 0.1) is 37.7 Å². The third-order valence-electron chi connectivity index (χ3n) is 2.32. The summed E-state index contributed by atoms with van der Waals surface area (Å²) in [6, 6.07) is 0. The van der Waals surface area contributed by atoms with Gasteiger partial charge in [0, 0.05) is 69.7 Å². The van der Waals surface area contributed by atoms with E-state index in [1.807, 2.05) is 32.2 Å². The Morgan fingerprint density at radius 3 is 2.31 bits per heavy atom. The van der Waals surface area contributed by atoms with Crippen LogP contribution in [-0.2, 0) is 23.3 Å². The Hall–Kier alpha value is 1.49. The normalized spacial score (nSPS) is 29.2. The molecule has 0 aromatic heterocycles. The molecule has 1 fully saturated rings. The van der Waals surface area contributed by atoms with Crippen molar-refractivity contribution in [3.8, 4) is 0 Å². The molecule has 1 rings (SSSR count). The number of halogens is 1. The molecule has 2 unspecified atom stereocenters. The zero-order valence-electron chi connectivity index (χ0n) is 11.0. The van der Waals surface area contributed by atoms with Gasteiger partial charge in [0.05, 0.1) is 6.10 Å². The first kappa shape index (κ1) is 22.6. The molecule has 0 bridgehead atoms. The molecule has 1 saturated heterocycles. The summed E-state index contributed by atoms with van der Waals surface area (Å²) < 4.78 is 18.8. The van der Waals surface area contributed by atoms with E-state index in [4.69, 9.17) is 4.74 Å². The minimum Gasteiger partial charge on any atom is -0.452 e. The molecule has 0 amide bonds. The van der Waals surface area contributed by atoms with E-state index in [0.717, 1.165) is 6.54 Å². The summed E-state index contributed by atoms with van der Waals surface area (Å²) in [5.74, 6) is 0.